The molecule has 0 aliphatic carbocycles. The van der Waals surface area contributed by atoms with Crippen LogP contribution in [0.5, 0.6) is 0 Å². The van der Waals surface area contributed by atoms with Crippen molar-refractivity contribution in [3.05, 3.63) is 69.7 Å². The number of hydrogen-bond donors (Lipinski definition) is 2. The first kappa shape index (κ1) is 14.8. The second kappa shape index (κ2) is 6.68. The van der Waals surface area contributed by atoms with Gasteiger partial charge in [-0.05, 0) is 42.3 Å². The fourth-order valence-corrected chi connectivity index (χ4v) is 2.19. The van der Waals surface area contributed by atoms with Crippen molar-refractivity contribution in [2.24, 2.45) is 5.73 Å². The van der Waals surface area contributed by atoms with Gasteiger partial charge in [0.2, 0.25) is 5.91 Å². The molecule has 3 nitrogen and oxygen atoms in total. The van der Waals surface area contributed by atoms with Crippen molar-refractivity contribution in [2.45, 2.75) is 19.5 Å². The Kier molecular flexibility index (Phi) is 4.93. The SMILES string of the molecule is C[C@H](NCc1ccc(C(N)=O)cc1)c1ccc(Br)cc1. The van der Waals surface area contributed by atoms with Gasteiger partial charge in [-0.25, -0.2) is 0 Å². The molecule has 3 N–H and O–H groups in total. The summed E-state index contributed by atoms with van der Waals surface area (Å²) in [7, 11) is 0. The highest BCUT2D eigenvalue weighted by Gasteiger charge is 2.05. The first-order valence-corrected chi connectivity index (χ1v) is 7.23. The highest BCUT2D eigenvalue weighted by molar-refractivity contribution is 9.10. The predicted molar refractivity (Wildman–Crippen MR) is 84.4 cm³/mol. The van der Waals surface area contributed by atoms with E-state index in [1.165, 1.54) is 5.56 Å². The largest absolute Gasteiger partial charge is 0.366 e. The van der Waals surface area contributed by atoms with E-state index in [0.717, 1.165) is 16.6 Å². The molecule has 0 unspecified atom stereocenters. The van der Waals surface area contributed by atoms with Crippen LogP contribution in [0, 0.1) is 0 Å². The number of amides is 1. The second-order valence-corrected chi connectivity index (χ2v) is 5.63. The maximum Gasteiger partial charge on any atom is 0.248 e. The van der Waals surface area contributed by atoms with Gasteiger partial charge in [-0.15, -0.1) is 0 Å². The van der Waals surface area contributed by atoms with Crippen molar-refractivity contribution in [1.82, 2.24) is 5.32 Å². The molecule has 0 aliphatic heterocycles. The van der Waals surface area contributed by atoms with Crippen LogP contribution in [-0.2, 0) is 6.54 Å². The molecule has 104 valence electrons. The van der Waals surface area contributed by atoms with Crippen molar-refractivity contribution in [2.75, 3.05) is 0 Å². The average molecular weight is 333 g/mol. The third-order valence-electron chi connectivity index (χ3n) is 3.22. The van der Waals surface area contributed by atoms with Gasteiger partial charge in [-0.1, -0.05) is 40.2 Å². The van der Waals surface area contributed by atoms with Crippen molar-refractivity contribution in [3.63, 3.8) is 0 Å². The summed E-state index contributed by atoms with van der Waals surface area (Å²) >= 11 is 3.43. The number of rotatable bonds is 5. The summed E-state index contributed by atoms with van der Waals surface area (Å²) < 4.78 is 1.08. The van der Waals surface area contributed by atoms with Crippen molar-refractivity contribution < 1.29 is 4.79 Å². The Morgan fingerprint density at radius 1 is 1.15 bits per heavy atom. The molecule has 0 aliphatic rings. The molecule has 2 aromatic carbocycles. The molecule has 0 bridgehead atoms. The van der Waals surface area contributed by atoms with E-state index in [9.17, 15) is 4.79 Å². The molecule has 2 aromatic rings. The zero-order valence-corrected chi connectivity index (χ0v) is 12.9. The standard InChI is InChI=1S/C16H17BrN2O/c1-11(13-6-8-15(17)9-7-13)19-10-12-2-4-14(5-3-12)16(18)20/h2-9,11,19H,10H2,1H3,(H2,18,20)/t11-/m0/s1. The highest BCUT2D eigenvalue weighted by atomic mass is 79.9. The van der Waals surface area contributed by atoms with Gasteiger partial charge in [0.05, 0.1) is 0 Å². The van der Waals surface area contributed by atoms with E-state index in [0.29, 0.717) is 5.56 Å². The van der Waals surface area contributed by atoms with Crippen LogP contribution in [0.3, 0.4) is 0 Å². The molecule has 4 heteroatoms. The summed E-state index contributed by atoms with van der Waals surface area (Å²) in [6, 6.07) is 15.9. The van der Waals surface area contributed by atoms with Gasteiger partial charge in [0.25, 0.3) is 0 Å². The molecule has 0 spiro atoms. The summed E-state index contributed by atoms with van der Waals surface area (Å²) in [6.45, 7) is 2.87. The van der Waals surface area contributed by atoms with Gasteiger partial charge in [-0.3, -0.25) is 4.79 Å². The minimum absolute atomic E-state index is 0.263. The Morgan fingerprint density at radius 3 is 2.30 bits per heavy atom. The summed E-state index contributed by atoms with van der Waals surface area (Å²) in [6.07, 6.45) is 0. The number of halogens is 1. The molecular formula is C16H17BrN2O. The number of hydrogen-bond acceptors (Lipinski definition) is 2. The molecule has 0 aromatic heterocycles. The zero-order valence-electron chi connectivity index (χ0n) is 11.3. The molecule has 0 radical (unpaired) electrons. The lowest BCUT2D eigenvalue weighted by molar-refractivity contribution is 0.100. The van der Waals surface area contributed by atoms with E-state index >= 15 is 0 Å². The molecule has 20 heavy (non-hydrogen) atoms. The molecule has 0 saturated carbocycles. The van der Waals surface area contributed by atoms with Crippen LogP contribution in [0.2, 0.25) is 0 Å². The van der Waals surface area contributed by atoms with Crippen molar-refractivity contribution >= 4 is 21.8 Å². The topological polar surface area (TPSA) is 55.1 Å². The third kappa shape index (κ3) is 3.92. The highest BCUT2D eigenvalue weighted by Crippen LogP contribution is 2.17. The van der Waals surface area contributed by atoms with Crippen LogP contribution in [0.15, 0.2) is 53.0 Å². The van der Waals surface area contributed by atoms with Crippen molar-refractivity contribution in [3.8, 4) is 0 Å². The van der Waals surface area contributed by atoms with Crippen LogP contribution in [0.4, 0.5) is 0 Å². The minimum Gasteiger partial charge on any atom is -0.366 e. The van der Waals surface area contributed by atoms with Crippen LogP contribution in [0.25, 0.3) is 0 Å². The second-order valence-electron chi connectivity index (χ2n) is 4.72. The Balaban J connectivity index is 1.94. The predicted octanol–water partition coefficient (Wildman–Crippen LogP) is 3.40. The number of nitrogens with one attached hydrogen (secondary N) is 1. The maximum absolute atomic E-state index is 11.0. The third-order valence-corrected chi connectivity index (χ3v) is 3.75. The smallest absolute Gasteiger partial charge is 0.248 e. The van der Waals surface area contributed by atoms with E-state index in [4.69, 9.17) is 5.73 Å². The summed E-state index contributed by atoms with van der Waals surface area (Å²) in [4.78, 5) is 11.0. The number of carbonyl (C=O) groups excluding carboxylic acids is 1. The van der Waals surface area contributed by atoms with Crippen LogP contribution in [0.1, 0.15) is 34.5 Å². The van der Waals surface area contributed by atoms with Crippen LogP contribution >= 0.6 is 15.9 Å². The van der Waals surface area contributed by atoms with E-state index in [1.807, 2.05) is 24.3 Å². The minimum atomic E-state index is -0.396. The van der Waals surface area contributed by atoms with E-state index < -0.39 is 5.91 Å². The van der Waals surface area contributed by atoms with Gasteiger partial charge in [0.1, 0.15) is 0 Å². The van der Waals surface area contributed by atoms with E-state index in [-0.39, 0.29) is 6.04 Å². The molecule has 1 amide bonds. The molecule has 0 saturated heterocycles. The van der Waals surface area contributed by atoms with Gasteiger partial charge in [-0.2, -0.15) is 0 Å². The fraction of sp³-hybridized carbons (Fsp3) is 0.188. The van der Waals surface area contributed by atoms with Gasteiger partial charge in [0.15, 0.2) is 0 Å². The monoisotopic (exact) mass is 332 g/mol. The fourth-order valence-electron chi connectivity index (χ4n) is 1.93. The summed E-state index contributed by atoms with van der Waals surface area (Å²) in [5.41, 5.74) is 8.11. The lowest BCUT2D eigenvalue weighted by Crippen LogP contribution is -2.18. The Morgan fingerprint density at radius 2 is 1.75 bits per heavy atom. The van der Waals surface area contributed by atoms with Crippen LogP contribution in [-0.4, -0.2) is 5.91 Å². The van der Waals surface area contributed by atoms with Gasteiger partial charge in [0, 0.05) is 22.6 Å². The Hall–Kier alpha value is -1.65. The summed E-state index contributed by atoms with van der Waals surface area (Å²) in [5.74, 6) is -0.396. The Bertz CT molecular complexity index is 578. The van der Waals surface area contributed by atoms with Gasteiger partial charge >= 0.3 is 0 Å². The van der Waals surface area contributed by atoms with Crippen molar-refractivity contribution in [1.29, 1.82) is 0 Å². The lowest BCUT2D eigenvalue weighted by atomic mass is 10.1. The number of nitrogens with two attached hydrogens (primary N) is 1. The zero-order chi connectivity index (χ0) is 14.5. The lowest BCUT2D eigenvalue weighted by Gasteiger charge is -2.14. The first-order valence-electron chi connectivity index (χ1n) is 6.44. The quantitative estimate of drug-likeness (QED) is 0.881. The van der Waals surface area contributed by atoms with E-state index in [1.54, 1.807) is 12.1 Å². The number of benzene rings is 2. The Labute approximate surface area is 127 Å². The molecule has 0 fully saturated rings. The first-order chi connectivity index (χ1) is 9.56. The molecule has 2 rings (SSSR count). The average Bonchev–Trinajstić information content (AvgIpc) is 2.46. The van der Waals surface area contributed by atoms with Gasteiger partial charge < -0.3 is 11.1 Å². The van der Waals surface area contributed by atoms with E-state index in [2.05, 4.69) is 40.3 Å². The molecule has 0 heterocycles. The maximum atomic E-state index is 11.0. The normalized spacial score (nSPS) is 12.1. The molecule has 1 atom stereocenters. The number of carbonyl (C=O) groups is 1. The number of primary amides is 1. The molecular weight excluding hydrogens is 316 g/mol. The van der Waals surface area contributed by atoms with Crippen LogP contribution < -0.4 is 11.1 Å². The summed E-state index contributed by atoms with van der Waals surface area (Å²) in [5, 5.41) is 3.45.